The largest absolute Gasteiger partial charge is 0.461 e. The highest BCUT2D eigenvalue weighted by Crippen LogP contribution is 2.32. The molecular weight excluding hydrogens is 318 g/mol. The van der Waals surface area contributed by atoms with E-state index >= 15 is 0 Å². The summed E-state index contributed by atoms with van der Waals surface area (Å²) in [5.41, 5.74) is 1.05. The number of hydrogen-bond acceptors (Lipinski definition) is 6. The van der Waals surface area contributed by atoms with Crippen molar-refractivity contribution < 1.29 is 17.4 Å². The Kier molecular flexibility index (Phi) is 4.29. The summed E-state index contributed by atoms with van der Waals surface area (Å²) < 4.78 is 35.5. The summed E-state index contributed by atoms with van der Waals surface area (Å²) >= 11 is 0. The van der Waals surface area contributed by atoms with Crippen LogP contribution >= 0.6 is 0 Å². The molecular formula is C15H21N3O4S. The van der Waals surface area contributed by atoms with Gasteiger partial charge in [-0.1, -0.05) is 19.0 Å². The van der Waals surface area contributed by atoms with Crippen molar-refractivity contribution in [3.05, 3.63) is 23.8 Å². The van der Waals surface area contributed by atoms with Crippen molar-refractivity contribution in [3.8, 4) is 11.6 Å². The molecule has 1 aliphatic rings. The fourth-order valence-corrected chi connectivity index (χ4v) is 3.76. The van der Waals surface area contributed by atoms with E-state index in [0.29, 0.717) is 49.3 Å². The Morgan fingerprint density at radius 2 is 2.00 bits per heavy atom. The summed E-state index contributed by atoms with van der Waals surface area (Å²) in [4.78, 5) is 4.47. The van der Waals surface area contributed by atoms with E-state index < -0.39 is 10.0 Å². The molecule has 0 amide bonds. The highest BCUT2D eigenvalue weighted by molar-refractivity contribution is 7.88. The Balaban J connectivity index is 1.75. The van der Waals surface area contributed by atoms with Crippen LogP contribution in [-0.4, -0.2) is 42.2 Å². The predicted octanol–water partition coefficient (Wildman–Crippen LogP) is 2.59. The fourth-order valence-electron chi connectivity index (χ4n) is 2.88. The van der Waals surface area contributed by atoms with Crippen molar-refractivity contribution >= 4 is 10.0 Å². The van der Waals surface area contributed by atoms with Gasteiger partial charge in [-0.15, -0.1) is 0 Å². The molecule has 8 heteroatoms. The lowest BCUT2D eigenvalue weighted by molar-refractivity contribution is 0.271. The van der Waals surface area contributed by atoms with Gasteiger partial charge in [0.2, 0.25) is 21.7 Å². The molecule has 0 aromatic carbocycles. The van der Waals surface area contributed by atoms with Gasteiger partial charge in [-0.3, -0.25) is 0 Å². The van der Waals surface area contributed by atoms with Gasteiger partial charge >= 0.3 is 0 Å². The standard InChI is InChI=1S/C15H21N3O4S/c1-10(2)12-6-9-21-13(12)14-16-15(22-17-14)11-4-7-18(8-5-11)23(3,19)20/h6,9-11H,4-5,7-8H2,1-3H3. The van der Waals surface area contributed by atoms with E-state index in [9.17, 15) is 8.42 Å². The Bertz CT molecular complexity index is 770. The van der Waals surface area contributed by atoms with Crippen molar-refractivity contribution in [1.82, 2.24) is 14.4 Å². The first-order valence-electron chi connectivity index (χ1n) is 7.72. The van der Waals surface area contributed by atoms with E-state index in [4.69, 9.17) is 8.94 Å². The van der Waals surface area contributed by atoms with Gasteiger partial charge in [0, 0.05) is 24.6 Å². The number of nitrogens with zero attached hydrogens (tertiary/aromatic N) is 3. The second-order valence-corrected chi connectivity index (χ2v) is 8.23. The van der Waals surface area contributed by atoms with Crippen molar-refractivity contribution in [2.24, 2.45) is 0 Å². The molecule has 0 bridgehead atoms. The highest BCUT2D eigenvalue weighted by Gasteiger charge is 2.29. The molecule has 0 radical (unpaired) electrons. The minimum absolute atomic E-state index is 0.0895. The zero-order chi connectivity index (χ0) is 16.6. The third-order valence-electron chi connectivity index (χ3n) is 4.23. The van der Waals surface area contributed by atoms with Crippen LogP contribution in [-0.2, 0) is 10.0 Å². The topological polar surface area (TPSA) is 89.4 Å². The van der Waals surface area contributed by atoms with E-state index in [-0.39, 0.29) is 5.92 Å². The normalized spacial score (nSPS) is 17.9. The first-order valence-corrected chi connectivity index (χ1v) is 9.57. The lowest BCUT2D eigenvalue weighted by atomic mass is 9.98. The molecule has 0 N–H and O–H groups in total. The SMILES string of the molecule is CC(C)c1ccoc1-c1noc(C2CCN(S(C)(=O)=O)CC2)n1. The van der Waals surface area contributed by atoms with Gasteiger partial charge in [0.1, 0.15) is 0 Å². The molecule has 0 aliphatic carbocycles. The minimum Gasteiger partial charge on any atom is -0.461 e. The summed E-state index contributed by atoms with van der Waals surface area (Å²) in [6.07, 6.45) is 4.24. The van der Waals surface area contributed by atoms with Crippen LogP contribution in [0.1, 0.15) is 50.0 Å². The van der Waals surface area contributed by atoms with Crippen LogP contribution in [0.15, 0.2) is 21.3 Å². The average molecular weight is 339 g/mol. The molecule has 0 unspecified atom stereocenters. The Morgan fingerprint density at radius 3 is 2.61 bits per heavy atom. The van der Waals surface area contributed by atoms with E-state index in [2.05, 4.69) is 24.0 Å². The van der Waals surface area contributed by atoms with Gasteiger partial charge in [-0.25, -0.2) is 12.7 Å². The summed E-state index contributed by atoms with van der Waals surface area (Å²) in [7, 11) is -3.13. The predicted molar refractivity (Wildman–Crippen MR) is 84.5 cm³/mol. The lowest BCUT2D eigenvalue weighted by Crippen LogP contribution is -2.37. The zero-order valence-electron chi connectivity index (χ0n) is 13.5. The van der Waals surface area contributed by atoms with Gasteiger partial charge in [-0.05, 0) is 24.8 Å². The Labute approximate surface area is 135 Å². The third-order valence-corrected chi connectivity index (χ3v) is 5.54. The van der Waals surface area contributed by atoms with Crippen molar-refractivity contribution in [3.63, 3.8) is 0 Å². The van der Waals surface area contributed by atoms with Crippen LogP contribution in [0.2, 0.25) is 0 Å². The number of hydrogen-bond donors (Lipinski definition) is 0. The van der Waals surface area contributed by atoms with E-state index in [1.807, 2.05) is 6.07 Å². The molecule has 126 valence electrons. The summed E-state index contributed by atoms with van der Waals surface area (Å²) in [6.45, 7) is 5.13. The van der Waals surface area contributed by atoms with Crippen molar-refractivity contribution in [2.75, 3.05) is 19.3 Å². The summed E-state index contributed by atoms with van der Waals surface area (Å²) in [5, 5.41) is 4.03. The van der Waals surface area contributed by atoms with E-state index in [1.54, 1.807) is 6.26 Å². The molecule has 7 nitrogen and oxygen atoms in total. The maximum atomic E-state index is 11.6. The average Bonchev–Trinajstić information content (AvgIpc) is 3.15. The highest BCUT2D eigenvalue weighted by atomic mass is 32.2. The van der Waals surface area contributed by atoms with Crippen LogP contribution in [0.4, 0.5) is 0 Å². The van der Waals surface area contributed by atoms with Crippen LogP contribution < -0.4 is 0 Å². The number of aromatic nitrogens is 2. The molecule has 0 saturated carbocycles. The van der Waals surface area contributed by atoms with Crippen molar-refractivity contribution in [1.29, 1.82) is 0 Å². The lowest BCUT2D eigenvalue weighted by Gasteiger charge is -2.28. The monoisotopic (exact) mass is 339 g/mol. The van der Waals surface area contributed by atoms with Crippen LogP contribution in [0.5, 0.6) is 0 Å². The summed E-state index contributed by atoms with van der Waals surface area (Å²) in [6, 6.07) is 1.92. The molecule has 3 rings (SSSR count). The van der Waals surface area contributed by atoms with Gasteiger partial charge in [-0.2, -0.15) is 4.98 Å². The number of sulfonamides is 1. The molecule has 0 atom stereocenters. The molecule has 3 heterocycles. The van der Waals surface area contributed by atoms with Gasteiger partial charge in [0.25, 0.3) is 0 Å². The first-order chi connectivity index (χ1) is 10.9. The smallest absolute Gasteiger partial charge is 0.238 e. The quantitative estimate of drug-likeness (QED) is 0.850. The second-order valence-electron chi connectivity index (χ2n) is 6.25. The first kappa shape index (κ1) is 16.2. The van der Waals surface area contributed by atoms with Crippen LogP contribution in [0, 0.1) is 0 Å². The zero-order valence-corrected chi connectivity index (χ0v) is 14.3. The van der Waals surface area contributed by atoms with Crippen molar-refractivity contribution in [2.45, 2.75) is 38.5 Å². The molecule has 1 aliphatic heterocycles. The Hall–Kier alpha value is -1.67. The molecule has 0 spiro atoms. The minimum atomic E-state index is -3.13. The van der Waals surface area contributed by atoms with E-state index in [1.165, 1.54) is 10.6 Å². The second kappa shape index (κ2) is 6.09. The maximum absolute atomic E-state index is 11.6. The fraction of sp³-hybridized carbons (Fsp3) is 0.600. The molecule has 2 aromatic rings. The van der Waals surface area contributed by atoms with Crippen LogP contribution in [0.25, 0.3) is 11.6 Å². The third kappa shape index (κ3) is 3.32. The van der Waals surface area contributed by atoms with Gasteiger partial charge in [0.05, 0.1) is 12.5 Å². The molecule has 1 fully saturated rings. The molecule has 2 aromatic heterocycles. The summed E-state index contributed by atoms with van der Waals surface area (Å²) in [5.74, 6) is 2.05. The molecule has 23 heavy (non-hydrogen) atoms. The van der Waals surface area contributed by atoms with Crippen LogP contribution in [0.3, 0.4) is 0 Å². The maximum Gasteiger partial charge on any atom is 0.238 e. The molecule has 1 saturated heterocycles. The number of rotatable bonds is 4. The van der Waals surface area contributed by atoms with Gasteiger partial charge < -0.3 is 8.94 Å². The van der Waals surface area contributed by atoms with E-state index in [0.717, 1.165) is 5.56 Å². The number of piperidine rings is 1. The number of furan rings is 1. The Morgan fingerprint density at radius 1 is 1.30 bits per heavy atom. The van der Waals surface area contributed by atoms with Gasteiger partial charge in [0.15, 0.2) is 5.76 Å².